The number of hydrogen-bond donors (Lipinski definition) is 2. The van der Waals surface area contributed by atoms with Crippen LogP contribution in [0.5, 0.6) is 0 Å². The molecule has 0 radical (unpaired) electrons. The van der Waals surface area contributed by atoms with Gasteiger partial charge in [0.1, 0.15) is 11.6 Å². The summed E-state index contributed by atoms with van der Waals surface area (Å²) in [7, 11) is 0. The van der Waals surface area contributed by atoms with Gasteiger partial charge in [-0.15, -0.1) is 0 Å². The zero-order chi connectivity index (χ0) is 18.4. The highest BCUT2D eigenvalue weighted by Gasteiger charge is 2.20. The molecule has 1 saturated heterocycles. The number of benzene rings is 1. The first-order valence-corrected chi connectivity index (χ1v) is 8.84. The molecule has 26 heavy (non-hydrogen) atoms. The maximum atomic E-state index is 12.9. The highest BCUT2D eigenvalue weighted by molar-refractivity contribution is 7.80. The third-order valence-corrected chi connectivity index (χ3v) is 4.55. The summed E-state index contributed by atoms with van der Waals surface area (Å²) in [6.45, 7) is 3.88. The fourth-order valence-electron chi connectivity index (χ4n) is 2.73. The van der Waals surface area contributed by atoms with Crippen molar-refractivity contribution in [3.63, 3.8) is 0 Å². The van der Waals surface area contributed by atoms with Gasteiger partial charge in [-0.3, -0.25) is 9.69 Å². The normalized spacial score (nSPS) is 14.9. The van der Waals surface area contributed by atoms with E-state index in [1.165, 1.54) is 12.1 Å². The van der Waals surface area contributed by atoms with Gasteiger partial charge in [-0.05, 0) is 48.6 Å². The van der Waals surface area contributed by atoms with E-state index in [9.17, 15) is 9.18 Å². The monoisotopic (exact) mass is 376 g/mol. The van der Waals surface area contributed by atoms with Crippen molar-refractivity contribution in [3.05, 3.63) is 54.2 Å². The number of nitrogens with zero attached hydrogens (tertiary/aromatic N) is 2. The minimum absolute atomic E-state index is 0.108. The van der Waals surface area contributed by atoms with Crippen molar-refractivity contribution in [2.45, 2.75) is 6.54 Å². The second kappa shape index (κ2) is 8.77. The highest BCUT2D eigenvalue weighted by Crippen LogP contribution is 2.09. The highest BCUT2D eigenvalue weighted by atomic mass is 32.1. The van der Waals surface area contributed by atoms with Crippen LogP contribution in [0.3, 0.4) is 0 Å². The number of amides is 1. The second-order valence-electron chi connectivity index (χ2n) is 6.06. The number of furan rings is 1. The van der Waals surface area contributed by atoms with Crippen molar-refractivity contribution >= 4 is 28.9 Å². The molecular formula is C18H21FN4O2S. The number of hydrogen-bond acceptors (Lipinski definition) is 4. The lowest BCUT2D eigenvalue weighted by Gasteiger charge is -2.35. The molecule has 1 aromatic carbocycles. The Balaban J connectivity index is 1.38. The fourth-order valence-corrected chi connectivity index (χ4v) is 2.99. The van der Waals surface area contributed by atoms with E-state index >= 15 is 0 Å². The van der Waals surface area contributed by atoms with Crippen LogP contribution in [0.15, 0.2) is 47.1 Å². The van der Waals surface area contributed by atoms with Gasteiger partial charge < -0.3 is 20.0 Å². The molecular weight excluding hydrogens is 355 g/mol. The van der Waals surface area contributed by atoms with Crippen molar-refractivity contribution in [1.29, 1.82) is 0 Å². The number of piperazine rings is 1. The van der Waals surface area contributed by atoms with Crippen LogP contribution in [-0.4, -0.2) is 53.5 Å². The molecule has 8 heteroatoms. The fraction of sp³-hybridized carbons (Fsp3) is 0.333. The van der Waals surface area contributed by atoms with E-state index in [-0.39, 0.29) is 11.7 Å². The number of halogens is 1. The molecule has 1 aliphatic heterocycles. The molecule has 0 unspecified atom stereocenters. The number of rotatable bonds is 5. The lowest BCUT2D eigenvalue weighted by Crippen LogP contribution is -2.52. The average Bonchev–Trinajstić information content (AvgIpc) is 3.16. The molecule has 2 heterocycles. The molecule has 2 aromatic rings. The van der Waals surface area contributed by atoms with Gasteiger partial charge in [0, 0.05) is 31.9 Å². The molecule has 0 saturated carbocycles. The van der Waals surface area contributed by atoms with E-state index in [4.69, 9.17) is 16.6 Å². The minimum Gasteiger partial charge on any atom is -0.467 e. The summed E-state index contributed by atoms with van der Waals surface area (Å²) in [5, 5.41) is 6.65. The number of nitrogens with one attached hydrogen (secondary N) is 2. The molecule has 6 nitrogen and oxygen atoms in total. The van der Waals surface area contributed by atoms with Gasteiger partial charge in [-0.2, -0.15) is 0 Å². The first-order valence-electron chi connectivity index (χ1n) is 8.43. The van der Waals surface area contributed by atoms with E-state index in [1.54, 1.807) is 18.4 Å². The summed E-state index contributed by atoms with van der Waals surface area (Å²) in [5.41, 5.74) is 0.596. The largest absolute Gasteiger partial charge is 0.467 e. The molecule has 138 valence electrons. The van der Waals surface area contributed by atoms with E-state index in [1.807, 2.05) is 12.1 Å². The van der Waals surface area contributed by atoms with Crippen molar-refractivity contribution < 1.29 is 13.6 Å². The molecule has 0 spiro atoms. The van der Waals surface area contributed by atoms with Crippen LogP contribution in [0.1, 0.15) is 5.76 Å². The van der Waals surface area contributed by atoms with E-state index in [2.05, 4.69) is 20.4 Å². The smallest absolute Gasteiger partial charge is 0.238 e. The summed E-state index contributed by atoms with van der Waals surface area (Å²) in [4.78, 5) is 16.3. The van der Waals surface area contributed by atoms with E-state index in [0.717, 1.165) is 31.9 Å². The van der Waals surface area contributed by atoms with Crippen LogP contribution >= 0.6 is 12.2 Å². The number of thiocarbonyl (C=S) groups is 1. The molecule has 1 aliphatic rings. The molecule has 3 rings (SSSR count). The molecule has 1 amide bonds. The summed E-state index contributed by atoms with van der Waals surface area (Å²) in [5.74, 6) is 0.405. The third-order valence-electron chi connectivity index (χ3n) is 4.15. The quantitative estimate of drug-likeness (QED) is 0.779. The maximum Gasteiger partial charge on any atom is 0.238 e. The van der Waals surface area contributed by atoms with Crippen LogP contribution in [0.4, 0.5) is 10.1 Å². The lowest BCUT2D eigenvalue weighted by molar-refractivity contribution is -0.117. The Morgan fingerprint density at radius 3 is 2.54 bits per heavy atom. The molecule has 1 aromatic heterocycles. The third kappa shape index (κ3) is 5.27. The van der Waals surface area contributed by atoms with Crippen molar-refractivity contribution in [3.8, 4) is 0 Å². The Morgan fingerprint density at radius 1 is 1.15 bits per heavy atom. The minimum atomic E-state index is -0.323. The Kier molecular flexibility index (Phi) is 6.19. The van der Waals surface area contributed by atoms with Crippen LogP contribution in [0.25, 0.3) is 0 Å². The molecule has 1 fully saturated rings. The first kappa shape index (κ1) is 18.3. The molecule has 0 atom stereocenters. The van der Waals surface area contributed by atoms with Gasteiger partial charge in [-0.25, -0.2) is 4.39 Å². The predicted octanol–water partition coefficient (Wildman–Crippen LogP) is 2.05. The standard InChI is InChI=1S/C18H21FN4O2S/c19-14-3-5-15(6-4-14)21-17(24)13-22-7-9-23(10-8-22)18(26)20-12-16-2-1-11-25-16/h1-6,11H,7-10,12-13H2,(H,20,26)(H,21,24). The average molecular weight is 376 g/mol. The summed E-state index contributed by atoms with van der Waals surface area (Å²) < 4.78 is 18.2. The van der Waals surface area contributed by atoms with E-state index < -0.39 is 0 Å². The van der Waals surface area contributed by atoms with Gasteiger partial charge >= 0.3 is 0 Å². The van der Waals surface area contributed by atoms with Gasteiger partial charge in [0.05, 0.1) is 19.4 Å². The molecule has 0 bridgehead atoms. The van der Waals surface area contributed by atoms with Gasteiger partial charge in [-0.1, -0.05) is 0 Å². The van der Waals surface area contributed by atoms with Gasteiger partial charge in [0.25, 0.3) is 0 Å². The summed E-state index contributed by atoms with van der Waals surface area (Å²) in [6, 6.07) is 9.49. The first-order chi connectivity index (χ1) is 12.6. The lowest BCUT2D eigenvalue weighted by atomic mass is 10.3. The Bertz CT molecular complexity index is 728. The van der Waals surface area contributed by atoms with Crippen LogP contribution in [0, 0.1) is 5.82 Å². The number of carbonyl (C=O) groups is 1. The molecule has 0 aliphatic carbocycles. The van der Waals surface area contributed by atoms with Crippen LogP contribution in [-0.2, 0) is 11.3 Å². The summed E-state index contributed by atoms with van der Waals surface area (Å²) in [6.07, 6.45) is 1.63. The topological polar surface area (TPSA) is 60.8 Å². The van der Waals surface area contributed by atoms with Crippen LogP contribution in [0.2, 0.25) is 0 Å². The predicted molar refractivity (Wildman–Crippen MR) is 101 cm³/mol. The Hall–Kier alpha value is -2.45. The zero-order valence-corrected chi connectivity index (χ0v) is 15.1. The summed E-state index contributed by atoms with van der Waals surface area (Å²) >= 11 is 5.42. The molecule has 2 N–H and O–H groups in total. The van der Waals surface area contributed by atoms with E-state index in [0.29, 0.717) is 23.9 Å². The van der Waals surface area contributed by atoms with Crippen molar-refractivity contribution in [2.24, 2.45) is 0 Å². The number of anilines is 1. The van der Waals surface area contributed by atoms with Crippen LogP contribution < -0.4 is 10.6 Å². The Morgan fingerprint density at radius 2 is 1.88 bits per heavy atom. The van der Waals surface area contributed by atoms with Crippen molar-refractivity contribution in [2.75, 3.05) is 38.0 Å². The van der Waals surface area contributed by atoms with Gasteiger partial charge in [0.2, 0.25) is 5.91 Å². The SMILES string of the molecule is O=C(CN1CCN(C(=S)NCc2ccco2)CC1)Nc1ccc(F)cc1. The maximum absolute atomic E-state index is 12.9. The second-order valence-corrected chi connectivity index (χ2v) is 6.44. The van der Waals surface area contributed by atoms with Crippen molar-refractivity contribution in [1.82, 2.24) is 15.1 Å². The Labute approximate surface area is 157 Å². The number of carbonyl (C=O) groups excluding carboxylic acids is 1. The zero-order valence-electron chi connectivity index (χ0n) is 14.3. The van der Waals surface area contributed by atoms with Gasteiger partial charge in [0.15, 0.2) is 5.11 Å².